The van der Waals surface area contributed by atoms with Crippen molar-refractivity contribution in [3.05, 3.63) is 23.8 Å². The Balaban J connectivity index is 1.62. The maximum Gasteiger partial charge on any atom is 0.226 e. The van der Waals surface area contributed by atoms with Crippen LogP contribution in [0.1, 0.15) is 43.4 Å². The van der Waals surface area contributed by atoms with E-state index < -0.39 is 0 Å². The van der Waals surface area contributed by atoms with Crippen LogP contribution < -0.4 is 0 Å². The van der Waals surface area contributed by atoms with Gasteiger partial charge < -0.3 is 9.64 Å². The quantitative estimate of drug-likeness (QED) is 0.854. The van der Waals surface area contributed by atoms with Crippen molar-refractivity contribution in [3.8, 4) is 0 Å². The smallest absolute Gasteiger partial charge is 0.226 e. The molecule has 0 saturated carbocycles. The first-order valence-corrected chi connectivity index (χ1v) is 8.83. The SMILES string of the molecule is COCCC1CCCCN(C(=O)C2CCc3ncncc3C2)C1. The van der Waals surface area contributed by atoms with Crippen LogP contribution in [0, 0.1) is 11.8 Å². The Morgan fingerprint density at radius 1 is 1.39 bits per heavy atom. The fraction of sp³-hybridized carbons (Fsp3) is 0.722. The number of likely N-dealkylation sites (tertiary alicyclic amines) is 1. The van der Waals surface area contributed by atoms with Crippen LogP contribution >= 0.6 is 0 Å². The first-order valence-electron chi connectivity index (χ1n) is 8.83. The zero-order chi connectivity index (χ0) is 16.1. The lowest BCUT2D eigenvalue weighted by Crippen LogP contribution is -2.41. The number of hydrogen-bond donors (Lipinski definition) is 0. The molecule has 0 aromatic carbocycles. The monoisotopic (exact) mass is 317 g/mol. The van der Waals surface area contributed by atoms with Crippen LogP contribution in [0.3, 0.4) is 0 Å². The van der Waals surface area contributed by atoms with E-state index in [0.29, 0.717) is 11.8 Å². The van der Waals surface area contributed by atoms with E-state index in [9.17, 15) is 4.79 Å². The molecule has 0 N–H and O–H groups in total. The van der Waals surface area contributed by atoms with E-state index >= 15 is 0 Å². The lowest BCUT2D eigenvalue weighted by atomic mass is 9.86. The van der Waals surface area contributed by atoms with E-state index in [1.807, 2.05) is 6.20 Å². The van der Waals surface area contributed by atoms with Crippen molar-refractivity contribution in [1.82, 2.24) is 14.9 Å². The molecule has 1 aliphatic carbocycles. The molecule has 1 aromatic rings. The third kappa shape index (κ3) is 4.08. The Bertz CT molecular complexity index is 535. The average Bonchev–Trinajstić information content (AvgIpc) is 2.84. The molecule has 126 valence electrons. The lowest BCUT2D eigenvalue weighted by molar-refractivity contribution is -0.136. The summed E-state index contributed by atoms with van der Waals surface area (Å²) in [7, 11) is 1.75. The maximum atomic E-state index is 13.0. The van der Waals surface area contributed by atoms with Gasteiger partial charge in [0.2, 0.25) is 5.91 Å². The second-order valence-corrected chi connectivity index (χ2v) is 6.86. The zero-order valence-electron chi connectivity index (χ0n) is 14.0. The Morgan fingerprint density at radius 2 is 2.30 bits per heavy atom. The molecule has 2 unspecified atom stereocenters. The second kappa shape index (κ2) is 7.86. The van der Waals surface area contributed by atoms with Gasteiger partial charge in [-0.15, -0.1) is 0 Å². The van der Waals surface area contributed by atoms with E-state index in [1.54, 1.807) is 13.4 Å². The molecule has 5 nitrogen and oxygen atoms in total. The normalized spacial score (nSPS) is 24.8. The number of rotatable bonds is 4. The van der Waals surface area contributed by atoms with Gasteiger partial charge in [0.05, 0.1) is 0 Å². The van der Waals surface area contributed by atoms with Crippen molar-refractivity contribution in [1.29, 1.82) is 0 Å². The number of ether oxygens (including phenoxy) is 1. The summed E-state index contributed by atoms with van der Waals surface area (Å²) in [4.78, 5) is 23.6. The van der Waals surface area contributed by atoms with Crippen molar-refractivity contribution < 1.29 is 9.53 Å². The van der Waals surface area contributed by atoms with E-state index in [0.717, 1.165) is 63.1 Å². The molecular weight excluding hydrogens is 290 g/mol. The van der Waals surface area contributed by atoms with Crippen LogP contribution in [0.2, 0.25) is 0 Å². The topological polar surface area (TPSA) is 55.3 Å². The standard InChI is InChI=1S/C18H27N3O2/c1-23-9-7-14-4-2-3-8-21(12-14)18(22)15-5-6-17-16(10-15)11-19-13-20-17/h11,13-15H,2-10,12H2,1H3. The summed E-state index contributed by atoms with van der Waals surface area (Å²) < 4.78 is 5.22. The third-order valence-electron chi connectivity index (χ3n) is 5.24. The number of aryl methyl sites for hydroxylation is 1. The molecule has 5 heteroatoms. The second-order valence-electron chi connectivity index (χ2n) is 6.86. The molecule has 1 saturated heterocycles. The van der Waals surface area contributed by atoms with E-state index in [2.05, 4.69) is 14.9 Å². The average molecular weight is 317 g/mol. The van der Waals surface area contributed by atoms with Crippen molar-refractivity contribution in [3.63, 3.8) is 0 Å². The van der Waals surface area contributed by atoms with Gasteiger partial charge in [-0.25, -0.2) is 9.97 Å². The molecule has 1 amide bonds. The minimum atomic E-state index is 0.106. The fourth-order valence-corrected chi connectivity index (χ4v) is 3.88. The fourth-order valence-electron chi connectivity index (χ4n) is 3.88. The van der Waals surface area contributed by atoms with Gasteiger partial charge in [0.1, 0.15) is 6.33 Å². The Morgan fingerprint density at radius 3 is 3.17 bits per heavy atom. The minimum absolute atomic E-state index is 0.106. The predicted octanol–water partition coefficient (Wildman–Crippen LogP) is 2.25. The molecule has 1 fully saturated rings. The number of methoxy groups -OCH3 is 1. The molecule has 2 aliphatic rings. The number of hydrogen-bond acceptors (Lipinski definition) is 4. The summed E-state index contributed by atoms with van der Waals surface area (Å²) in [5, 5.41) is 0. The summed E-state index contributed by atoms with van der Waals surface area (Å²) in [6, 6.07) is 0. The largest absolute Gasteiger partial charge is 0.385 e. The van der Waals surface area contributed by atoms with Gasteiger partial charge in [-0.2, -0.15) is 0 Å². The van der Waals surface area contributed by atoms with Crippen molar-refractivity contribution in [2.24, 2.45) is 11.8 Å². The third-order valence-corrected chi connectivity index (χ3v) is 5.24. The highest BCUT2D eigenvalue weighted by Crippen LogP contribution is 2.27. The van der Waals surface area contributed by atoms with Gasteiger partial charge in [-0.3, -0.25) is 4.79 Å². The summed E-state index contributed by atoms with van der Waals surface area (Å²) in [6.45, 7) is 2.61. The zero-order valence-corrected chi connectivity index (χ0v) is 14.0. The van der Waals surface area contributed by atoms with Crippen LogP contribution in [0.15, 0.2) is 12.5 Å². The molecule has 1 aliphatic heterocycles. The first-order chi connectivity index (χ1) is 11.3. The van der Waals surface area contributed by atoms with Crippen LogP contribution in [0.25, 0.3) is 0 Å². The number of fused-ring (bicyclic) bond motifs is 1. The van der Waals surface area contributed by atoms with Gasteiger partial charge in [0.25, 0.3) is 0 Å². The number of amides is 1. The van der Waals surface area contributed by atoms with Gasteiger partial charge in [-0.05, 0) is 50.0 Å². The summed E-state index contributed by atoms with van der Waals surface area (Å²) in [6.07, 6.45) is 10.7. The predicted molar refractivity (Wildman–Crippen MR) is 88.0 cm³/mol. The maximum absolute atomic E-state index is 13.0. The van der Waals surface area contributed by atoms with Crippen LogP contribution in [0.4, 0.5) is 0 Å². The molecule has 2 heterocycles. The highest BCUT2D eigenvalue weighted by Gasteiger charge is 2.30. The van der Waals surface area contributed by atoms with Gasteiger partial charge in [0, 0.05) is 44.6 Å². The number of aromatic nitrogens is 2. The minimum Gasteiger partial charge on any atom is -0.385 e. The Hall–Kier alpha value is -1.49. The molecule has 0 radical (unpaired) electrons. The molecular formula is C18H27N3O2. The molecule has 0 spiro atoms. The molecule has 23 heavy (non-hydrogen) atoms. The molecule has 2 atom stereocenters. The van der Waals surface area contributed by atoms with Crippen LogP contribution in [-0.2, 0) is 22.4 Å². The highest BCUT2D eigenvalue weighted by atomic mass is 16.5. The van der Waals surface area contributed by atoms with Crippen LogP contribution in [0.5, 0.6) is 0 Å². The van der Waals surface area contributed by atoms with Gasteiger partial charge >= 0.3 is 0 Å². The van der Waals surface area contributed by atoms with E-state index in [-0.39, 0.29) is 5.92 Å². The number of nitrogens with zero attached hydrogens (tertiary/aromatic N) is 3. The molecule has 0 bridgehead atoms. The Kier molecular flexibility index (Phi) is 5.60. The van der Waals surface area contributed by atoms with Crippen molar-refractivity contribution in [2.75, 3.05) is 26.8 Å². The van der Waals surface area contributed by atoms with Crippen molar-refractivity contribution in [2.45, 2.75) is 44.9 Å². The van der Waals surface area contributed by atoms with E-state index in [1.165, 1.54) is 12.8 Å². The first kappa shape index (κ1) is 16.4. The Labute approximate surface area is 138 Å². The van der Waals surface area contributed by atoms with Gasteiger partial charge in [-0.1, -0.05) is 6.42 Å². The highest BCUT2D eigenvalue weighted by molar-refractivity contribution is 5.79. The van der Waals surface area contributed by atoms with Crippen molar-refractivity contribution >= 4 is 5.91 Å². The summed E-state index contributed by atoms with van der Waals surface area (Å²) in [5.74, 6) is 1.03. The van der Waals surface area contributed by atoms with Crippen LogP contribution in [-0.4, -0.2) is 47.6 Å². The van der Waals surface area contributed by atoms with Gasteiger partial charge in [0.15, 0.2) is 0 Å². The van der Waals surface area contributed by atoms with E-state index in [4.69, 9.17) is 4.74 Å². The number of carbonyl (C=O) groups excluding carboxylic acids is 1. The molecule has 3 rings (SSSR count). The lowest BCUT2D eigenvalue weighted by Gasteiger charge is -2.30. The molecule has 1 aromatic heterocycles. The number of carbonyl (C=O) groups is 1. The summed E-state index contributed by atoms with van der Waals surface area (Å²) in [5.41, 5.74) is 2.28. The summed E-state index contributed by atoms with van der Waals surface area (Å²) >= 11 is 0.